The molecule has 5 rings (SSSR count). The molecule has 1 aromatic carbocycles. The number of likely N-dealkylation sites (tertiary alicyclic amines) is 1. The highest BCUT2D eigenvalue weighted by Crippen LogP contribution is 2.34. The summed E-state index contributed by atoms with van der Waals surface area (Å²) in [6.45, 7) is 2.96. The Kier molecular flexibility index (Phi) is 5.38. The molecule has 0 saturated carbocycles. The smallest absolute Gasteiger partial charge is 0.264 e. The molecular formula is C23H25N5O3S2. The van der Waals surface area contributed by atoms with Crippen LogP contribution < -0.4 is 5.32 Å². The molecule has 172 valence electrons. The summed E-state index contributed by atoms with van der Waals surface area (Å²) >= 11 is 1.41. The Morgan fingerprint density at radius 1 is 1.27 bits per heavy atom. The van der Waals surface area contributed by atoms with Gasteiger partial charge in [-0.25, -0.2) is 12.7 Å². The molecule has 0 aliphatic carbocycles. The van der Waals surface area contributed by atoms with Gasteiger partial charge in [-0.05, 0) is 49.7 Å². The summed E-state index contributed by atoms with van der Waals surface area (Å²) in [4.78, 5) is 23.3. The molecule has 8 nitrogen and oxygen atoms in total. The number of amides is 1. The summed E-state index contributed by atoms with van der Waals surface area (Å²) in [5, 5.41) is 4.60. The van der Waals surface area contributed by atoms with Gasteiger partial charge in [0.2, 0.25) is 10.0 Å². The molecule has 0 bridgehead atoms. The highest BCUT2D eigenvalue weighted by molar-refractivity contribution is 7.88. The van der Waals surface area contributed by atoms with Gasteiger partial charge in [-0.2, -0.15) is 0 Å². The number of hydrogen-bond donors (Lipinski definition) is 2. The van der Waals surface area contributed by atoms with Gasteiger partial charge in [0.05, 0.1) is 27.0 Å². The van der Waals surface area contributed by atoms with E-state index in [0.717, 1.165) is 38.2 Å². The third kappa shape index (κ3) is 4.21. The van der Waals surface area contributed by atoms with E-state index < -0.39 is 10.0 Å². The molecule has 1 atom stereocenters. The van der Waals surface area contributed by atoms with Crippen molar-refractivity contribution >= 4 is 59.8 Å². The number of H-pyrrole nitrogens is 1. The van der Waals surface area contributed by atoms with E-state index >= 15 is 0 Å². The number of likely N-dealkylation sites (N-methyl/N-ethyl adjacent to an activating group) is 1. The van der Waals surface area contributed by atoms with Crippen LogP contribution in [0.2, 0.25) is 0 Å². The SMILES string of the molecule is Cc1cc2cc(Nc3ccnc4cc(C(=O)N5CCC(N(C)S(C)(=O)=O)C5)sc34)ccc2[nH]1. The molecular weight excluding hydrogens is 458 g/mol. The molecule has 1 fully saturated rings. The molecule has 1 amide bonds. The summed E-state index contributed by atoms with van der Waals surface area (Å²) in [5.74, 6) is -0.0856. The van der Waals surface area contributed by atoms with Crippen molar-refractivity contribution in [3.8, 4) is 0 Å². The number of thiophene rings is 1. The van der Waals surface area contributed by atoms with Gasteiger partial charge in [0.25, 0.3) is 5.91 Å². The minimum absolute atomic E-state index is 0.0856. The highest BCUT2D eigenvalue weighted by atomic mass is 32.2. The average Bonchev–Trinajstić information content (AvgIpc) is 3.49. The van der Waals surface area contributed by atoms with Crippen molar-refractivity contribution in [2.45, 2.75) is 19.4 Å². The molecule has 1 unspecified atom stereocenters. The fraction of sp³-hybridized carbons (Fsp3) is 0.304. The number of anilines is 2. The number of carbonyl (C=O) groups is 1. The first kappa shape index (κ1) is 21.9. The lowest BCUT2D eigenvalue weighted by Gasteiger charge is -2.22. The molecule has 33 heavy (non-hydrogen) atoms. The normalized spacial score (nSPS) is 16.8. The number of aromatic amines is 1. The minimum atomic E-state index is -3.29. The van der Waals surface area contributed by atoms with Crippen molar-refractivity contribution < 1.29 is 13.2 Å². The van der Waals surface area contributed by atoms with Crippen molar-refractivity contribution in [3.05, 3.63) is 53.2 Å². The Balaban J connectivity index is 1.38. The van der Waals surface area contributed by atoms with Gasteiger partial charge < -0.3 is 15.2 Å². The van der Waals surface area contributed by atoms with E-state index in [1.54, 1.807) is 18.1 Å². The van der Waals surface area contributed by atoms with Crippen molar-refractivity contribution in [1.29, 1.82) is 0 Å². The monoisotopic (exact) mass is 483 g/mol. The van der Waals surface area contributed by atoms with Crippen molar-refractivity contribution in [1.82, 2.24) is 19.2 Å². The van der Waals surface area contributed by atoms with Crippen LogP contribution in [0, 0.1) is 6.92 Å². The van der Waals surface area contributed by atoms with E-state index in [2.05, 4.69) is 27.4 Å². The first-order chi connectivity index (χ1) is 15.7. The van der Waals surface area contributed by atoms with Crippen LogP contribution in [0.3, 0.4) is 0 Å². The van der Waals surface area contributed by atoms with Gasteiger partial charge in [-0.1, -0.05) is 0 Å². The Morgan fingerprint density at radius 3 is 2.88 bits per heavy atom. The lowest BCUT2D eigenvalue weighted by molar-refractivity contribution is 0.0791. The van der Waals surface area contributed by atoms with E-state index in [1.807, 2.05) is 31.2 Å². The number of aromatic nitrogens is 2. The topological polar surface area (TPSA) is 98.4 Å². The third-order valence-electron chi connectivity index (χ3n) is 6.15. The van der Waals surface area contributed by atoms with Crippen molar-refractivity contribution in [2.75, 3.05) is 31.7 Å². The number of sulfonamides is 1. The van der Waals surface area contributed by atoms with Gasteiger partial charge in [0.15, 0.2) is 0 Å². The number of carbonyl (C=O) groups excluding carboxylic acids is 1. The van der Waals surface area contributed by atoms with Crippen LogP contribution in [0.5, 0.6) is 0 Å². The van der Waals surface area contributed by atoms with E-state index in [-0.39, 0.29) is 11.9 Å². The van der Waals surface area contributed by atoms with E-state index in [4.69, 9.17) is 0 Å². The van der Waals surface area contributed by atoms with Crippen LogP contribution >= 0.6 is 11.3 Å². The second-order valence-electron chi connectivity index (χ2n) is 8.54. The zero-order chi connectivity index (χ0) is 23.3. The summed E-state index contributed by atoms with van der Waals surface area (Å²) < 4.78 is 26.0. The number of hydrogen-bond acceptors (Lipinski definition) is 6. The van der Waals surface area contributed by atoms with Crippen LogP contribution in [-0.2, 0) is 10.0 Å². The minimum Gasteiger partial charge on any atom is -0.359 e. The maximum absolute atomic E-state index is 13.2. The quantitative estimate of drug-likeness (QED) is 0.448. The van der Waals surface area contributed by atoms with Gasteiger partial charge in [-0.15, -0.1) is 11.3 Å². The highest BCUT2D eigenvalue weighted by Gasteiger charge is 2.33. The Bertz CT molecular complexity index is 1470. The summed E-state index contributed by atoms with van der Waals surface area (Å²) in [6.07, 6.45) is 3.56. The molecule has 4 heterocycles. The van der Waals surface area contributed by atoms with E-state index in [1.165, 1.54) is 21.9 Å². The van der Waals surface area contributed by atoms with Crippen LogP contribution in [0.25, 0.3) is 21.1 Å². The number of nitrogens with one attached hydrogen (secondary N) is 2. The summed E-state index contributed by atoms with van der Waals surface area (Å²) in [6, 6.07) is 11.8. The number of rotatable bonds is 5. The first-order valence-electron chi connectivity index (χ1n) is 10.7. The first-order valence-corrected chi connectivity index (χ1v) is 13.3. The van der Waals surface area contributed by atoms with Crippen LogP contribution in [0.15, 0.2) is 42.6 Å². The molecule has 2 N–H and O–H groups in total. The van der Waals surface area contributed by atoms with E-state index in [0.29, 0.717) is 24.4 Å². The third-order valence-corrected chi connectivity index (χ3v) is 8.63. The predicted molar refractivity (Wildman–Crippen MR) is 133 cm³/mol. The predicted octanol–water partition coefficient (Wildman–Crippen LogP) is 3.94. The van der Waals surface area contributed by atoms with Gasteiger partial charge in [0, 0.05) is 54.7 Å². The molecule has 1 aliphatic rings. The molecule has 0 radical (unpaired) electrons. The fourth-order valence-corrected chi connectivity index (χ4v) is 6.07. The number of pyridine rings is 1. The van der Waals surface area contributed by atoms with Crippen molar-refractivity contribution in [2.24, 2.45) is 0 Å². The van der Waals surface area contributed by atoms with Crippen LogP contribution in [0.1, 0.15) is 21.8 Å². The number of aryl methyl sites for hydroxylation is 1. The standard InChI is InChI=1S/C23H25N5O3S2/c1-14-10-15-11-16(4-5-18(15)25-14)26-19-6-8-24-20-12-21(32-22(19)20)23(29)28-9-7-17(13-28)27(2)33(3,30)31/h4-6,8,10-12,17,25H,7,9,13H2,1-3H3,(H,24,26). The lowest BCUT2D eigenvalue weighted by atomic mass is 10.2. The van der Waals surface area contributed by atoms with Gasteiger partial charge in [0.1, 0.15) is 0 Å². The average molecular weight is 484 g/mol. The van der Waals surface area contributed by atoms with Crippen LogP contribution in [-0.4, -0.2) is 65.9 Å². The zero-order valence-corrected chi connectivity index (χ0v) is 20.3. The Hall–Kier alpha value is -2.95. The number of nitrogens with zero attached hydrogens (tertiary/aromatic N) is 3. The molecule has 4 aromatic rings. The van der Waals surface area contributed by atoms with Gasteiger partial charge in [-0.3, -0.25) is 9.78 Å². The molecule has 1 aliphatic heterocycles. The Morgan fingerprint density at radius 2 is 2.09 bits per heavy atom. The summed E-state index contributed by atoms with van der Waals surface area (Å²) in [5.41, 5.74) is 4.82. The molecule has 10 heteroatoms. The fourth-order valence-electron chi connectivity index (χ4n) is 4.30. The second kappa shape index (κ2) is 8.12. The summed E-state index contributed by atoms with van der Waals surface area (Å²) in [7, 11) is -1.72. The largest absolute Gasteiger partial charge is 0.359 e. The lowest BCUT2D eigenvalue weighted by Crippen LogP contribution is -2.39. The Labute approximate surface area is 196 Å². The zero-order valence-electron chi connectivity index (χ0n) is 18.6. The van der Waals surface area contributed by atoms with Crippen molar-refractivity contribution in [3.63, 3.8) is 0 Å². The maximum atomic E-state index is 13.2. The van der Waals surface area contributed by atoms with Gasteiger partial charge >= 0.3 is 0 Å². The number of fused-ring (bicyclic) bond motifs is 2. The number of benzene rings is 1. The molecule has 0 spiro atoms. The van der Waals surface area contributed by atoms with E-state index in [9.17, 15) is 13.2 Å². The maximum Gasteiger partial charge on any atom is 0.264 e. The second-order valence-corrected chi connectivity index (χ2v) is 11.6. The molecule has 3 aromatic heterocycles. The molecule has 1 saturated heterocycles. The van der Waals surface area contributed by atoms with Crippen LogP contribution in [0.4, 0.5) is 11.4 Å².